The second-order valence-electron chi connectivity index (χ2n) is 6.56. The van der Waals surface area contributed by atoms with Crippen LogP contribution in [0.5, 0.6) is 5.75 Å². The average molecular weight is 359 g/mol. The molecule has 0 saturated carbocycles. The molecule has 0 bridgehead atoms. The highest BCUT2D eigenvalue weighted by molar-refractivity contribution is 6.11. The van der Waals surface area contributed by atoms with Gasteiger partial charge in [-0.25, -0.2) is 0 Å². The number of carbonyl (C=O) groups is 1. The number of aryl methyl sites for hydroxylation is 1. The highest BCUT2D eigenvalue weighted by atomic mass is 16.6. The van der Waals surface area contributed by atoms with Crippen molar-refractivity contribution >= 4 is 17.3 Å². The summed E-state index contributed by atoms with van der Waals surface area (Å²) in [7, 11) is 0. The second-order valence-corrected chi connectivity index (χ2v) is 6.56. The smallest absolute Gasteiger partial charge is 0.262 e. The number of ether oxygens (including phenoxy) is 2. The van der Waals surface area contributed by atoms with Crippen LogP contribution in [0.15, 0.2) is 78.9 Å². The maximum absolute atomic E-state index is 13.4. The largest absolute Gasteiger partial charge is 0.491 e. The van der Waals surface area contributed by atoms with E-state index in [1.165, 1.54) is 0 Å². The molecule has 1 aliphatic heterocycles. The molecule has 27 heavy (non-hydrogen) atoms. The molecule has 1 unspecified atom stereocenters. The number of hydrogen-bond acceptors (Lipinski definition) is 3. The van der Waals surface area contributed by atoms with Crippen LogP contribution >= 0.6 is 0 Å². The normalized spacial score (nSPS) is 15.2. The molecule has 0 aliphatic carbocycles. The molecule has 3 aromatic carbocycles. The standard InChI is InChI=1S/C23H21NO3/c1-17-12-13-20(26-15-21-16-27-21)14-22(17)24(19-10-6-3-7-11-19)23(25)18-8-4-2-5-9-18/h2-14,21H,15-16H2,1H3. The molecule has 3 aromatic rings. The lowest BCUT2D eigenvalue weighted by molar-refractivity contribution is 0.0999. The molecule has 1 aliphatic rings. The van der Waals surface area contributed by atoms with Crippen LogP contribution in [0.1, 0.15) is 15.9 Å². The van der Waals surface area contributed by atoms with Crippen molar-refractivity contribution in [3.63, 3.8) is 0 Å². The highest BCUT2D eigenvalue weighted by Crippen LogP contribution is 2.33. The number of amides is 1. The lowest BCUT2D eigenvalue weighted by Crippen LogP contribution is -2.26. The van der Waals surface area contributed by atoms with E-state index in [1.807, 2.05) is 85.8 Å². The van der Waals surface area contributed by atoms with Crippen LogP contribution in [0.25, 0.3) is 0 Å². The lowest BCUT2D eigenvalue weighted by atomic mass is 10.1. The van der Waals surface area contributed by atoms with Crippen LogP contribution in [-0.2, 0) is 4.74 Å². The van der Waals surface area contributed by atoms with Crippen LogP contribution in [0.4, 0.5) is 11.4 Å². The first kappa shape index (κ1) is 17.3. The number of rotatable bonds is 6. The Labute approximate surface area is 159 Å². The van der Waals surface area contributed by atoms with Gasteiger partial charge in [0.2, 0.25) is 0 Å². The van der Waals surface area contributed by atoms with Crippen LogP contribution in [-0.4, -0.2) is 25.2 Å². The van der Waals surface area contributed by atoms with Gasteiger partial charge < -0.3 is 9.47 Å². The van der Waals surface area contributed by atoms with E-state index in [4.69, 9.17) is 9.47 Å². The van der Waals surface area contributed by atoms with Crippen molar-refractivity contribution in [3.8, 4) is 5.75 Å². The first-order valence-corrected chi connectivity index (χ1v) is 9.02. The minimum absolute atomic E-state index is 0.0763. The zero-order chi connectivity index (χ0) is 18.6. The fraction of sp³-hybridized carbons (Fsp3) is 0.174. The van der Waals surface area contributed by atoms with Crippen LogP contribution in [0, 0.1) is 6.92 Å². The first-order chi connectivity index (χ1) is 13.2. The summed E-state index contributed by atoms with van der Waals surface area (Å²) in [6.45, 7) is 3.28. The molecule has 1 fully saturated rings. The SMILES string of the molecule is Cc1ccc(OCC2CO2)cc1N(C(=O)c1ccccc1)c1ccccc1. The zero-order valence-electron chi connectivity index (χ0n) is 15.2. The Morgan fingerprint density at radius 1 is 1.04 bits per heavy atom. The molecular weight excluding hydrogens is 338 g/mol. The summed E-state index contributed by atoms with van der Waals surface area (Å²) in [5.74, 6) is 0.653. The van der Waals surface area contributed by atoms with Gasteiger partial charge >= 0.3 is 0 Å². The molecule has 4 heteroatoms. The van der Waals surface area contributed by atoms with E-state index < -0.39 is 0 Å². The number of anilines is 2. The predicted molar refractivity (Wildman–Crippen MR) is 106 cm³/mol. The van der Waals surface area contributed by atoms with Gasteiger partial charge in [-0.2, -0.15) is 0 Å². The molecule has 0 radical (unpaired) electrons. The van der Waals surface area contributed by atoms with Gasteiger partial charge in [0.05, 0.1) is 12.3 Å². The van der Waals surface area contributed by atoms with E-state index in [2.05, 4.69) is 0 Å². The Kier molecular flexibility index (Phi) is 4.90. The molecule has 0 aromatic heterocycles. The van der Waals surface area contributed by atoms with E-state index in [0.29, 0.717) is 12.2 Å². The van der Waals surface area contributed by atoms with Gasteiger partial charge in [0, 0.05) is 17.3 Å². The summed E-state index contributed by atoms with van der Waals surface area (Å²) in [6, 6.07) is 24.8. The fourth-order valence-corrected chi connectivity index (χ4v) is 2.93. The van der Waals surface area contributed by atoms with Gasteiger partial charge in [0.1, 0.15) is 18.5 Å². The van der Waals surface area contributed by atoms with Crippen LogP contribution in [0.3, 0.4) is 0 Å². The Balaban J connectivity index is 1.74. The van der Waals surface area contributed by atoms with Crippen LogP contribution < -0.4 is 9.64 Å². The Hall–Kier alpha value is -3.11. The number of benzene rings is 3. The molecule has 4 nitrogen and oxygen atoms in total. The molecule has 4 rings (SSSR count). The van der Waals surface area contributed by atoms with E-state index in [1.54, 1.807) is 4.90 Å². The number of hydrogen-bond donors (Lipinski definition) is 0. The van der Waals surface area contributed by atoms with Crippen molar-refractivity contribution in [3.05, 3.63) is 90.0 Å². The molecule has 0 spiro atoms. The quantitative estimate of drug-likeness (QED) is 0.597. The van der Waals surface area contributed by atoms with Crippen molar-refractivity contribution in [1.82, 2.24) is 0 Å². The number of nitrogens with zero attached hydrogens (tertiary/aromatic N) is 1. The molecule has 0 N–H and O–H groups in total. The minimum Gasteiger partial charge on any atom is -0.491 e. The van der Waals surface area contributed by atoms with Crippen molar-refractivity contribution < 1.29 is 14.3 Å². The van der Waals surface area contributed by atoms with Crippen molar-refractivity contribution in [2.45, 2.75) is 13.0 Å². The molecule has 136 valence electrons. The summed E-state index contributed by atoms with van der Waals surface area (Å²) in [5.41, 5.74) is 3.26. The predicted octanol–water partition coefficient (Wildman–Crippen LogP) is 4.75. The number of para-hydroxylation sites is 1. The maximum atomic E-state index is 13.4. The third-order valence-electron chi connectivity index (χ3n) is 4.50. The lowest BCUT2D eigenvalue weighted by Gasteiger charge is -2.25. The van der Waals surface area contributed by atoms with Crippen molar-refractivity contribution in [2.75, 3.05) is 18.1 Å². The summed E-state index contributed by atoms with van der Waals surface area (Å²) in [6.07, 6.45) is 0.186. The zero-order valence-corrected chi connectivity index (χ0v) is 15.2. The van der Waals surface area contributed by atoms with Crippen LogP contribution in [0.2, 0.25) is 0 Å². The third kappa shape index (κ3) is 4.01. The molecule has 1 saturated heterocycles. The highest BCUT2D eigenvalue weighted by Gasteiger charge is 2.24. The number of epoxide rings is 1. The van der Waals surface area contributed by atoms with Gasteiger partial charge in [-0.05, 0) is 42.8 Å². The maximum Gasteiger partial charge on any atom is 0.262 e. The summed E-state index contributed by atoms with van der Waals surface area (Å²) >= 11 is 0. The van der Waals surface area contributed by atoms with E-state index in [0.717, 1.165) is 29.3 Å². The molecule has 1 amide bonds. The molecule has 1 atom stereocenters. The van der Waals surface area contributed by atoms with Gasteiger partial charge in [-0.3, -0.25) is 9.69 Å². The van der Waals surface area contributed by atoms with Crippen molar-refractivity contribution in [1.29, 1.82) is 0 Å². The summed E-state index contributed by atoms with van der Waals surface area (Å²) in [4.78, 5) is 15.1. The average Bonchev–Trinajstić information content (AvgIpc) is 3.54. The Morgan fingerprint density at radius 3 is 2.37 bits per heavy atom. The summed E-state index contributed by atoms with van der Waals surface area (Å²) in [5, 5.41) is 0. The molecular formula is C23H21NO3. The summed E-state index contributed by atoms with van der Waals surface area (Å²) < 4.78 is 11.0. The van der Waals surface area contributed by atoms with Gasteiger partial charge in [0.25, 0.3) is 5.91 Å². The van der Waals surface area contributed by atoms with E-state index in [9.17, 15) is 4.79 Å². The van der Waals surface area contributed by atoms with Gasteiger partial charge in [-0.15, -0.1) is 0 Å². The topological polar surface area (TPSA) is 42.1 Å². The second kappa shape index (κ2) is 7.64. The minimum atomic E-state index is -0.0763. The Bertz CT molecular complexity index is 921. The van der Waals surface area contributed by atoms with Gasteiger partial charge in [-0.1, -0.05) is 42.5 Å². The third-order valence-corrected chi connectivity index (χ3v) is 4.50. The monoisotopic (exact) mass is 359 g/mol. The Morgan fingerprint density at radius 2 is 1.70 bits per heavy atom. The van der Waals surface area contributed by atoms with Gasteiger partial charge in [0.15, 0.2) is 0 Å². The number of carbonyl (C=O) groups excluding carboxylic acids is 1. The molecule has 1 heterocycles. The van der Waals surface area contributed by atoms with Crippen molar-refractivity contribution in [2.24, 2.45) is 0 Å². The van der Waals surface area contributed by atoms with E-state index in [-0.39, 0.29) is 12.0 Å². The first-order valence-electron chi connectivity index (χ1n) is 9.02. The fourth-order valence-electron chi connectivity index (χ4n) is 2.93. The van der Waals surface area contributed by atoms with E-state index >= 15 is 0 Å².